The van der Waals surface area contributed by atoms with Gasteiger partial charge in [-0.15, -0.1) is 0 Å². The molecule has 0 aromatic carbocycles. The third kappa shape index (κ3) is 3.19. The first-order chi connectivity index (χ1) is 16.2. The number of amides is 2. The Bertz CT molecular complexity index is 955. The number of carbonyl (C=O) groups is 2. The summed E-state index contributed by atoms with van der Waals surface area (Å²) in [6, 6.07) is 0. The maximum absolute atomic E-state index is 13.7. The fraction of sp³-hybridized carbons (Fsp3) is 0.786. The van der Waals surface area contributed by atoms with Gasteiger partial charge >= 0.3 is 0 Å². The van der Waals surface area contributed by atoms with Crippen LogP contribution >= 0.6 is 0 Å². The molecule has 4 unspecified atom stereocenters. The molecule has 0 saturated heterocycles. The molecule has 8 aliphatic carbocycles. The summed E-state index contributed by atoms with van der Waals surface area (Å²) in [4.78, 5) is 36.1. The lowest BCUT2D eigenvalue weighted by molar-refractivity contribution is -0.150. The average molecular weight is 463 g/mol. The van der Waals surface area contributed by atoms with Crippen molar-refractivity contribution in [3.63, 3.8) is 0 Å². The van der Waals surface area contributed by atoms with Crippen molar-refractivity contribution in [2.24, 2.45) is 45.3 Å². The van der Waals surface area contributed by atoms with E-state index in [4.69, 9.17) is 0 Å². The van der Waals surface area contributed by atoms with Gasteiger partial charge in [0.25, 0.3) is 0 Å². The van der Waals surface area contributed by atoms with E-state index in [9.17, 15) is 9.59 Å². The van der Waals surface area contributed by atoms with Crippen molar-refractivity contribution in [3.8, 4) is 0 Å². The molecule has 2 N–H and O–H groups in total. The van der Waals surface area contributed by atoms with Crippen molar-refractivity contribution in [1.29, 1.82) is 0 Å². The van der Waals surface area contributed by atoms with Crippen LogP contribution < -0.4 is 10.6 Å². The van der Waals surface area contributed by atoms with E-state index < -0.39 is 0 Å². The fourth-order valence-corrected chi connectivity index (χ4v) is 11.0. The van der Waals surface area contributed by atoms with Crippen molar-refractivity contribution in [2.45, 2.75) is 90.9 Å². The Morgan fingerprint density at radius 2 is 1.24 bits per heavy atom. The van der Waals surface area contributed by atoms with Gasteiger partial charge < -0.3 is 10.6 Å². The first-order valence-corrected chi connectivity index (χ1v) is 13.6. The van der Waals surface area contributed by atoms with Crippen LogP contribution in [0.4, 0.5) is 11.5 Å². The highest BCUT2D eigenvalue weighted by Gasteiger charge is 2.60. The van der Waals surface area contributed by atoms with E-state index in [2.05, 4.69) is 34.4 Å². The summed E-state index contributed by atoms with van der Waals surface area (Å²) >= 11 is 0. The molecule has 1 heterocycles. The molecule has 1 aromatic rings. The molecule has 2 amide bonds. The zero-order chi connectivity index (χ0) is 23.3. The fourth-order valence-electron chi connectivity index (χ4n) is 11.0. The number of aromatic nitrogens is 2. The quantitative estimate of drug-likeness (QED) is 0.613. The summed E-state index contributed by atoms with van der Waals surface area (Å²) in [5.41, 5.74) is 0.612. The molecular weight excluding hydrogens is 424 g/mol. The van der Waals surface area contributed by atoms with Gasteiger partial charge in [0.15, 0.2) is 5.82 Å². The second-order valence-corrected chi connectivity index (χ2v) is 14.3. The molecule has 8 fully saturated rings. The van der Waals surface area contributed by atoms with E-state index in [-0.39, 0.29) is 22.6 Å². The SMILES string of the molecule is CC12CC3CC(C1)CC(C(=O)Nc1cncnc1NC(=O)C14CC5CC(CC(C)(C5)C1)C4)(C3)C2. The molecule has 6 nitrogen and oxygen atoms in total. The third-order valence-electron chi connectivity index (χ3n) is 10.9. The highest BCUT2D eigenvalue weighted by Crippen LogP contribution is 2.66. The molecule has 8 saturated carbocycles. The maximum Gasteiger partial charge on any atom is 0.231 e. The first-order valence-electron chi connectivity index (χ1n) is 13.6. The third-order valence-corrected chi connectivity index (χ3v) is 10.9. The predicted molar refractivity (Wildman–Crippen MR) is 130 cm³/mol. The highest BCUT2D eigenvalue weighted by atomic mass is 16.2. The van der Waals surface area contributed by atoms with Gasteiger partial charge in [0, 0.05) is 0 Å². The van der Waals surface area contributed by atoms with Crippen molar-refractivity contribution < 1.29 is 9.59 Å². The summed E-state index contributed by atoms with van der Waals surface area (Å²) in [5.74, 6) is 3.40. The average Bonchev–Trinajstić information content (AvgIpc) is 2.71. The number of carbonyl (C=O) groups excluding carboxylic acids is 2. The standard InChI is InChI=1S/C28H38N4O2/c1-25-5-17-3-18(6-25)10-27(9-17,14-25)23(33)31-21-13-29-16-30-22(21)32-24(34)28-11-19-4-20(12-28)8-26(2,7-19)15-28/h13,16-20H,3-12,14-15H2,1-2H3,(H,31,33)(H,29,30,32,34). The maximum atomic E-state index is 13.7. The zero-order valence-corrected chi connectivity index (χ0v) is 20.7. The zero-order valence-electron chi connectivity index (χ0n) is 20.7. The molecule has 8 bridgehead atoms. The van der Waals surface area contributed by atoms with E-state index in [0.29, 0.717) is 46.0 Å². The van der Waals surface area contributed by atoms with Crippen LogP contribution in [0.25, 0.3) is 0 Å². The van der Waals surface area contributed by atoms with E-state index in [1.807, 2.05) is 0 Å². The van der Waals surface area contributed by atoms with Crippen molar-refractivity contribution in [2.75, 3.05) is 10.6 Å². The van der Waals surface area contributed by atoms with Crippen LogP contribution in [0.2, 0.25) is 0 Å². The lowest BCUT2D eigenvalue weighted by Gasteiger charge is -2.60. The molecule has 34 heavy (non-hydrogen) atoms. The number of hydrogen-bond donors (Lipinski definition) is 2. The Hall–Kier alpha value is -1.98. The Morgan fingerprint density at radius 3 is 1.71 bits per heavy atom. The van der Waals surface area contributed by atoms with Crippen LogP contribution in [0, 0.1) is 45.3 Å². The van der Waals surface area contributed by atoms with Crippen molar-refractivity contribution in [3.05, 3.63) is 12.5 Å². The van der Waals surface area contributed by atoms with Gasteiger partial charge in [0.2, 0.25) is 11.8 Å². The number of nitrogens with one attached hydrogen (secondary N) is 2. The lowest BCUT2D eigenvalue weighted by Crippen LogP contribution is -2.55. The van der Waals surface area contributed by atoms with Gasteiger partial charge in [0.1, 0.15) is 12.0 Å². The Kier molecular flexibility index (Phi) is 4.28. The van der Waals surface area contributed by atoms with E-state index in [1.54, 1.807) is 6.20 Å². The Labute approximate surface area is 202 Å². The number of anilines is 2. The summed E-state index contributed by atoms with van der Waals surface area (Å²) in [7, 11) is 0. The van der Waals surface area contributed by atoms with Gasteiger partial charge in [-0.1, -0.05) is 13.8 Å². The second-order valence-electron chi connectivity index (χ2n) is 14.3. The molecular formula is C28H38N4O2. The summed E-state index contributed by atoms with van der Waals surface area (Å²) < 4.78 is 0. The lowest BCUT2D eigenvalue weighted by atomic mass is 9.44. The Balaban J connectivity index is 1.12. The van der Waals surface area contributed by atoms with Crippen LogP contribution in [0.3, 0.4) is 0 Å². The van der Waals surface area contributed by atoms with Crippen LogP contribution in [-0.2, 0) is 9.59 Å². The van der Waals surface area contributed by atoms with Gasteiger partial charge in [-0.3, -0.25) is 9.59 Å². The first kappa shape index (κ1) is 21.3. The van der Waals surface area contributed by atoms with Gasteiger partial charge in [-0.2, -0.15) is 0 Å². The smallest absolute Gasteiger partial charge is 0.231 e. The predicted octanol–water partition coefficient (Wildman–Crippen LogP) is 5.57. The molecule has 1 aromatic heterocycles. The largest absolute Gasteiger partial charge is 0.321 e. The number of rotatable bonds is 4. The highest BCUT2D eigenvalue weighted by molar-refractivity contribution is 6.02. The van der Waals surface area contributed by atoms with Crippen LogP contribution in [0.15, 0.2) is 12.5 Å². The minimum Gasteiger partial charge on any atom is -0.321 e. The normalized spacial score (nSPS) is 47.6. The Morgan fingerprint density at radius 1 is 0.765 bits per heavy atom. The summed E-state index contributed by atoms with van der Waals surface area (Å²) in [6.07, 6.45) is 16.8. The van der Waals surface area contributed by atoms with Crippen molar-refractivity contribution in [1.82, 2.24) is 9.97 Å². The molecule has 4 atom stereocenters. The van der Waals surface area contributed by atoms with Gasteiger partial charge in [-0.05, 0) is 112 Å². The van der Waals surface area contributed by atoms with Crippen LogP contribution in [0.1, 0.15) is 90.9 Å². The monoisotopic (exact) mass is 462 g/mol. The molecule has 6 heteroatoms. The molecule has 0 radical (unpaired) electrons. The summed E-state index contributed by atoms with van der Waals surface area (Å²) in [6.45, 7) is 4.77. The van der Waals surface area contributed by atoms with E-state index in [0.717, 1.165) is 38.5 Å². The van der Waals surface area contributed by atoms with Gasteiger partial charge in [0.05, 0.1) is 17.0 Å². The molecule has 0 aliphatic heterocycles. The van der Waals surface area contributed by atoms with E-state index >= 15 is 0 Å². The summed E-state index contributed by atoms with van der Waals surface area (Å²) in [5, 5.41) is 6.36. The minimum atomic E-state index is -0.278. The molecule has 8 aliphatic rings. The topological polar surface area (TPSA) is 84.0 Å². The number of hydrogen-bond acceptors (Lipinski definition) is 4. The number of nitrogens with zero attached hydrogens (tertiary/aromatic N) is 2. The van der Waals surface area contributed by atoms with Crippen molar-refractivity contribution >= 4 is 23.3 Å². The molecule has 182 valence electrons. The van der Waals surface area contributed by atoms with E-state index in [1.165, 1.54) is 44.9 Å². The van der Waals surface area contributed by atoms with Crippen LogP contribution in [0.5, 0.6) is 0 Å². The molecule has 0 spiro atoms. The minimum absolute atomic E-state index is 0.101. The second kappa shape index (κ2) is 6.82. The van der Waals surface area contributed by atoms with Crippen LogP contribution in [-0.4, -0.2) is 21.8 Å². The van der Waals surface area contributed by atoms with Gasteiger partial charge in [-0.25, -0.2) is 9.97 Å². The molecule has 9 rings (SSSR count).